The molecule has 0 aromatic heterocycles. The van der Waals surface area contributed by atoms with Gasteiger partial charge in [0, 0.05) is 17.0 Å². The third-order valence-electron chi connectivity index (χ3n) is 7.15. The van der Waals surface area contributed by atoms with Gasteiger partial charge in [-0.3, -0.25) is 19.4 Å². The van der Waals surface area contributed by atoms with E-state index in [1.807, 2.05) is 54.6 Å². The van der Waals surface area contributed by atoms with Crippen LogP contribution in [0.5, 0.6) is 0 Å². The Morgan fingerprint density at radius 1 is 0.844 bits per heavy atom. The molecule has 5 nitrogen and oxygen atoms in total. The third kappa shape index (κ3) is 2.18. The van der Waals surface area contributed by atoms with E-state index in [4.69, 9.17) is 0 Å². The van der Waals surface area contributed by atoms with Gasteiger partial charge in [0.2, 0.25) is 0 Å². The molecule has 1 saturated heterocycles. The van der Waals surface area contributed by atoms with Gasteiger partial charge in [-0.05, 0) is 23.6 Å². The van der Waals surface area contributed by atoms with E-state index in [1.165, 1.54) is 6.92 Å². The molecule has 3 aliphatic rings. The van der Waals surface area contributed by atoms with Crippen molar-refractivity contribution in [2.24, 2.45) is 10.5 Å². The molecule has 1 aliphatic carbocycles. The summed E-state index contributed by atoms with van der Waals surface area (Å²) in [5.41, 5.74) is 1.89. The van der Waals surface area contributed by atoms with Crippen molar-refractivity contribution < 1.29 is 14.4 Å². The molecule has 3 aromatic carbocycles. The number of benzene rings is 3. The number of ketones is 3. The monoisotopic (exact) mass is 420 g/mol. The zero-order valence-electron chi connectivity index (χ0n) is 17.4. The summed E-state index contributed by atoms with van der Waals surface area (Å²) in [4.78, 5) is 41.6. The highest BCUT2D eigenvalue weighted by Gasteiger charge is 2.72. The van der Waals surface area contributed by atoms with Crippen molar-refractivity contribution in [1.82, 2.24) is 5.01 Å². The lowest BCUT2D eigenvalue weighted by Crippen LogP contribution is -2.43. The minimum absolute atomic E-state index is 0.117. The number of hydrazone groups is 1. The first kappa shape index (κ1) is 18.9. The van der Waals surface area contributed by atoms with Crippen LogP contribution < -0.4 is 0 Å². The number of rotatable bonds is 2. The van der Waals surface area contributed by atoms with Gasteiger partial charge in [-0.15, -0.1) is 0 Å². The first-order chi connectivity index (χ1) is 15.6. The quantitative estimate of drug-likeness (QED) is 0.583. The van der Waals surface area contributed by atoms with Gasteiger partial charge >= 0.3 is 0 Å². The molecular weight excluding hydrogens is 400 g/mol. The second kappa shape index (κ2) is 6.57. The molecule has 5 heteroatoms. The molecule has 1 spiro atoms. The fourth-order valence-corrected chi connectivity index (χ4v) is 5.96. The minimum atomic E-state index is -1.46. The molecule has 2 heterocycles. The molecule has 0 saturated carbocycles. The Morgan fingerprint density at radius 3 is 2.09 bits per heavy atom. The van der Waals surface area contributed by atoms with Crippen molar-refractivity contribution in [1.29, 1.82) is 0 Å². The number of hydrogen-bond donors (Lipinski definition) is 0. The molecule has 3 atom stereocenters. The Morgan fingerprint density at radius 2 is 1.44 bits per heavy atom. The maximum absolute atomic E-state index is 14.2. The van der Waals surface area contributed by atoms with E-state index in [9.17, 15) is 14.4 Å². The lowest BCUT2D eigenvalue weighted by atomic mass is 9.63. The number of Topliss-reactive ketones (excluding diaryl/α,β-unsaturated/α-hetero) is 3. The number of fused-ring (bicyclic) bond motifs is 5. The van der Waals surface area contributed by atoms with Crippen LogP contribution in [0.2, 0.25) is 0 Å². The summed E-state index contributed by atoms with van der Waals surface area (Å²) in [6.07, 6.45) is 1.72. The normalized spacial score (nSPS) is 24.4. The second-order valence-electron chi connectivity index (χ2n) is 8.67. The van der Waals surface area contributed by atoms with Crippen LogP contribution in [-0.2, 0) is 4.79 Å². The van der Waals surface area contributed by atoms with Crippen LogP contribution in [0.15, 0.2) is 84.0 Å². The summed E-state index contributed by atoms with van der Waals surface area (Å²) < 4.78 is 0. The van der Waals surface area contributed by atoms with Gasteiger partial charge in [-0.1, -0.05) is 78.9 Å². The Balaban J connectivity index is 1.72. The lowest BCUT2D eigenvalue weighted by molar-refractivity contribution is -0.122. The molecular formula is C27H20N2O3. The van der Waals surface area contributed by atoms with Gasteiger partial charge in [0.15, 0.2) is 17.3 Å². The Kier molecular flexibility index (Phi) is 3.87. The van der Waals surface area contributed by atoms with E-state index in [0.717, 1.165) is 16.7 Å². The molecule has 0 radical (unpaired) electrons. The largest absolute Gasteiger partial charge is 0.298 e. The van der Waals surface area contributed by atoms with Crippen LogP contribution in [0, 0.1) is 5.41 Å². The average Bonchev–Trinajstić information content (AvgIpc) is 3.26. The first-order valence-electron chi connectivity index (χ1n) is 10.7. The number of hydrogen-bond acceptors (Lipinski definition) is 5. The van der Waals surface area contributed by atoms with Crippen LogP contribution in [0.4, 0.5) is 0 Å². The van der Waals surface area contributed by atoms with Crippen molar-refractivity contribution in [3.8, 4) is 0 Å². The maximum atomic E-state index is 14.2. The molecule has 0 N–H and O–H groups in total. The SMILES string of the molecule is CC(=O)[C@@H]1[C@@H](c2ccccc2)C2(C(=O)c3ccccc3C2=O)[C@@H]2c3ccccc3C=NN12. The molecule has 2 aliphatic heterocycles. The molecule has 0 amide bonds. The summed E-state index contributed by atoms with van der Waals surface area (Å²) in [5, 5.41) is 6.36. The zero-order chi connectivity index (χ0) is 22.0. The summed E-state index contributed by atoms with van der Waals surface area (Å²) in [6.45, 7) is 1.52. The average molecular weight is 420 g/mol. The van der Waals surface area contributed by atoms with Gasteiger partial charge in [-0.25, -0.2) is 0 Å². The molecule has 0 unspecified atom stereocenters. The number of carbonyl (C=O) groups is 3. The lowest BCUT2D eigenvalue weighted by Gasteiger charge is -2.36. The maximum Gasteiger partial charge on any atom is 0.180 e. The van der Waals surface area contributed by atoms with Crippen LogP contribution in [0.1, 0.15) is 56.3 Å². The van der Waals surface area contributed by atoms with Gasteiger partial charge in [0.25, 0.3) is 0 Å². The van der Waals surface area contributed by atoms with E-state index < -0.39 is 23.4 Å². The van der Waals surface area contributed by atoms with E-state index in [-0.39, 0.29) is 17.3 Å². The van der Waals surface area contributed by atoms with Crippen molar-refractivity contribution >= 4 is 23.6 Å². The molecule has 1 fully saturated rings. The molecule has 6 rings (SSSR count). The first-order valence-corrected chi connectivity index (χ1v) is 10.7. The Bertz CT molecular complexity index is 1290. The van der Waals surface area contributed by atoms with E-state index >= 15 is 0 Å². The van der Waals surface area contributed by atoms with Crippen LogP contribution >= 0.6 is 0 Å². The van der Waals surface area contributed by atoms with Crippen LogP contribution in [0.25, 0.3) is 0 Å². The summed E-state index contributed by atoms with van der Waals surface area (Å²) >= 11 is 0. The summed E-state index contributed by atoms with van der Waals surface area (Å²) in [5.74, 6) is -1.22. The molecule has 32 heavy (non-hydrogen) atoms. The fourth-order valence-electron chi connectivity index (χ4n) is 5.96. The van der Waals surface area contributed by atoms with Gasteiger partial charge in [0.1, 0.15) is 11.5 Å². The highest BCUT2D eigenvalue weighted by atomic mass is 16.2. The smallest absolute Gasteiger partial charge is 0.180 e. The van der Waals surface area contributed by atoms with Crippen LogP contribution in [-0.4, -0.2) is 34.6 Å². The number of carbonyl (C=O) groups excluding carboxylic acids is 3. The third-order valence-corrected chi connectivity index (χ3v) is 7.15. The topological polar surface area (TPSA) is 66.8 Å². The van der Waals surface area contributed by atoms with Crippen molar-refractivity contribution in [2.75, 3.05) is 0 Å². The van der Waals surface area contributed by atoms with Gasteiger partial charge < -0.3 is 0 Å². The fraction of sp³-hybridized carbons (Fsp3) is 0.185. The Hall–Kier alpha value is -3.86. The Labute approximate surface area is 185 Å². The van der Waals surface area contributed by atoms with E-state index in [1.54, 1.807) is 35.5 Å². The minimum Gasteiger partial charge on any atom is -0.298 e. The second-order valence-corrected chi connectivity index (χ2v) is 8.67. The molecule has 156 valence electrons. The van der Waals surface area contributed by atoms with E-state index in [0.29, 0.717) is 11.1 Å². The number of nitrogens with zero attached hydrogens (tertiary/aromatic N) is 2. The van der Waals surface area contributed by atoms with Crippen molar-refractivity contribution in [3.63, 3.8) is 0 Å². The zero-order valence-corrected chi connectivity index (χ0v) is 17.4. The van der Waals surface area contributed by atoms with E-state index in [2.05, 4.69) is 5.10 Å². The summed E-state index contributed by atoms with van der Waals surface area (Å²) in [7, 11) is 0. The predicted molar refractivity (Wildman–Crippen MR) is 120 cm³/mol. The van der Waals surface area contributed by atoms with Crippen molar-refractivity contribution in [2.45, 2.75) is 24.9 Å². The van der Waals surface area contributed by atoms with Gasteiger partial charge in [-0.2, -0.15) is 5.10 Å². The molecule has 3 aromatic rings. The van der Waals surface area contributed by atoms with Gasteiger partial charge in [0.05, 0.1) is 12.3 Å². The molecule has 0 bridgehead atoms. The van der Waals surface area contributed by atoms with Crippen molar-refractivity contribution in [3.05, 3.63) is 107 Å². The predicted octanol–water partition coefficient (Wildman–Crippen LogP) is 4.20. The highest BCUT2D eigenvalue weighted by Crippen LogP contribution is 2.64. The highest BCUT2D eigenvalue weighted by molar-refractivity contribution is 6.31. The van der Waals surface area contributed by atoms with Crippen LogP contribution in [0.3, 0.4) is 0 Å². The standard InChI is InChI=1S/C27H20N2O3/c1-16(30)23-22(17-9-3-2-4-10-17)27(25(31)20-13-7-8-14-21(20)26(27)32)24-19-12-6-5-11-18(19)15-28-29(23)24/h2-15,22-24H,1H3/t22-,23-,24+/m1/s1. The summed E-state index contributed by atoms with van der Waals surface area (Å²) in [6, 6.07) is 22.7.